The molecule has 0 saturated carbocycles. The predicted octanol–water partition coefficient (Wildman–Crippen LogP) is 5.22. The Bertz CT molecular complexity index is 1380. The van der Waals surface area contributed by atoms with E-state index < -0.39 is 27.2 Å². The van der Waals surface area contributed by atoms with Gasteiger partial charge >= 0.3 is 6.61 Å². The molecular formula is C23H24F2N4O5S. The van der Waals surface area contributed by atoms with Crippen LogP contribution < -0.4 is 10.2 Å². The molecule has 3 rings (SSSR count). The molecule has 0 aromatic heterocycles. The second-order valence-electron chi connectivity index (χ2n) is 7.38. The van der Waals surface area contributed by atoms with E-state index in [0.717, 1.165) is 6.07 Å². The topological polar surface area (TPSA) is 114 Å². The lowest BCUT2D eigenvalue weighted by Crippen LogP contribution is -2.30. The van der Waals surface area contributed by atoms with Gasteiger partial charge in [-0.2, -0.15) is 18.2 Å². The number of hydrogen-bond acceptors (Lipinski definition) is 7. The maximum Gasteiger partial charge on any atom is 0.387 e. The highest BCUT2D eigenvalue weighted by molar-refractivity contribution is 7.89. The normalized spacial score (nSPS) is 12.4. The van der Waals surface area contributed by atoms with Crippen molar-refractivity contribution in [2.24, 2.45) is 5.10 Å². The number of fused-ring (bicyclic) bond motifs is 1. The minimum absolute atomic E-state index is 0.0648. The maximum absolute atomic E-state index is 13.1. The lowest BCUT2D eigenvalue weighted by atomic mass is 10.0. The average Bonchev–Trinajstić information content (AvgIpc) is 2.82. The van der Waals surface area contributed by atoms with Crippen molar-refractivity contribution in [2.75, 3.05) is 18.5 Å². The van der Waals surface area contributed by atoms with Gasteiger partial charge in [-0.25, -0.2) is 8.42 Å². The van der Waals surface area contributed by atoms with E-state index in [2.05, 4.69) is 10.5 Å². The number of hydrazone groups is 1. The highest BCUT2D eigenvalue weighted by Crippen LogP contribution is 2.33. The molecule has 9 nitrogen and oxygen atoms in total. The van der Waals surface area contributed by atoms with Crippen molar-refractivity contribution >= 4 is 37.9 Å². The van der Waals surface area contributed by atoms with Crippen molar-refractivity contribution in [3.05, 3.63) is 70.3 Å². The molecule has 0 spiro atoms. The number of hydrogen-bond donors (Lipinski definition) is 1. The van der Waals surface area contributed by atoms with Gasteiger partial charge in [0.05, 0.1) is 15.5 Å². The van der Waals surface area contributed by atoms with E-state index in [0.29, 0.717) is 10.8 Å². The van der Waals surface area contributed by atoms with Crippen LogP contribution in [0, 0.1) is 10.1 Å². The van der Waals surface area contributed by atoms with Crippen molar-refractivity contribution in [3.8, 4) is 5.75 Å². The van der Waals surface area contributed by atoms with Crippen LogP contribution in [-0.4, -0.2) is 43.1 Å². The highest BCUT2D eigenvalue weighted by Gasteiger charge is 2.26. The molecule has 0 bridgehead atoms. The number of nitrogens with one attached hydrogen (secondary N) is 1. The Hall–Kier alpha value is -3.64. The van der Waals surface area contributed by atoms with Gasteiger partial charge in [-0.3, -0.25) is 15.5 Å². The largest absolute Gasteiger partial charge is 0.433 e. The molecule has 0 aliphatic heterocycles. The summed E-state index contributed by atoms with van der Waals surface area (Å²) in [6.07, 6.45) is 0. The monoisotopic (exact) mass is 506 g/mol. The Balaban J connectivity index is 2.01. The number of nitrogens with zero attached hydrogens (tertiary/aromatic N) is 3. The minimum atomic E-state index is -3.91. The van der Waals surface area contributed by atoms with Crippen LogP contribution in [-0.2, 0) is 10.0 Å². The molecule has 3 aromatic rings. The molecule has 0 heterocycles. The molecule has 1 N–H and O–H groups in total. The van der Waals surface area contributed by atoms with Gasteiger partial charge in [-0.05, 0) is 30.5 Å². The number of alkyl halides is 2. The summed E-state index contributed by atoms with van der Waals surface area (Å²) in [5, 5.41) is 16.9. The van der Waals surface area contributed by atoms with Crippen LogP contribution in [0.2, 0.25) is 0 Å². The summed E-state index contributed by atoms with van der Waals surface area (Å²) in [5.41, 5.74) is 2.47. The standard InChI is InChI=1S/C23H24F2N4O5S/c1-4-28(5-2)35(32,33)17-11-13-20(21(14-17)29(30)31)27-26-15(3)18-12-10-16-8-6-7-9-19(16)22(18)34-23(24)25/h6-14,23,27H,4-5H2,1-3H3. The molecule has 3 aromatic carbocycles. The molecule has 0 unspecified atom stereocenters. The third-order valence-corrected chi connectivity index (χ3v) is 7.38. The molecule has 0 aliphatic carbocycles. The van der Waals surface area contributed by atoms with Crippen molar-refractivity contribution in [3.63, 3.8) is 0 Å². The van der Waals surface area contributed by atoms with E-state index >= 15 is 0 Å². The Kier molecular flexibility index (Phi) is 7.97. The van der Waals surface area contributed by atoms with Crippen molar-refractivity contribution in [1.29, 1.82) is 0 Å². The molecule has 12 heteroatoms. The third-order valence-electron chi connectivity index (χ3n) is 5.33. The van der Waals surface area contributed by atoms with Gasteiger partial charge in [0.1, 0.15) is 11.4 Å². The predicted molar refractivity (Wildman–Crippen MR) is 130 cm³/mol. The Morgan fingerprint density at radius 1 is 1.14 bits per heavy atom. The summed E-state index contributed by atoms with van der Waals surface area (Å²) in [6.45, 7) is 2.22. The zero-order valence-electron chi connectivity index (χ0n) is 19.2. The van der Waals surface area contributed by atoms with Gasteiger partial charge < -0.3 is 4.74 Å². The van der Waals surface area contributed by atoms with Gasteiger partial charge in [0.25, 0.3) is 5.69 Å². The van der Waals surface area contributed by atoms with Crippen LogP contribution in [0.3, 0.4) is 0 Å². The fourth-order valence-electron chi connectivity index (χ4n) is 3.58. The lowest BCUT2D eigenvalue weighted by molar-refractivity contribution is -0.384. The van der Waals surface area contributed by atoms with Crippen LogP contribution >= 0.6 is 0 Å². The third kappa shape index (κ3) is 5.54. The Morgan fingerprint density at radius 2 is 1.83 bits per heavy atom. The highest BCUT2D eigenvalue weighted by atomic mass is 32.2. The lowest BCUT2D eigenvalue weighted by Gasteiger charge is -2.18. The fourth-order valence-corrected chi connectivity index (χ4v) is 5.06. The van der Waals surface area contributed by atoms with Gasteiger partial charge in [-0.1, -0.05) is 44.2 Å². The van der Waals surface area contributed by atoms with Crippen molar-refractivity contribution in [1.82, 2.24) is 4.31 Å². The number of benzene rings is 3. The van der Waals surface area contributed by atoms with E-state index in [9.17, 15) is 27.3 Å². The summed E-state index contributed by atoms with van der Waals surface area (Å²) < 4.78 is 57.7. The van der Waals surface area contributed by atoms with Crippen LogP contribution in [0.25, 0.3) is 10.8 Å². The van der Waals surface area contributed by atoms with Crippen LogP contribution in [0.1, 0.15) is 26.3 Å². The molecule has 0 atom stereocenters. The molecule has 0 aliphatic rings. The molecule has 186 valence electrons. The second kappa shape index (κ2) is 10.7. The summed E-state index contributed by atoms with van der Waals surface area (Å²) in [4.78, 5) is 10.7. The molecule has 0 fully saturated rings. The molecular weight excluding hydrogens is 482 g/mol. The summed E-state index contributed by atoms with van der Waals surface area (Å²) in [7, 11) is -3.91. The smallest absolute Gasteiger partial charge is 0.387 e. The number of ether oxygens (including phenoxy) is 1. The van der Waals surface area contributed by atoms with Gasteiger partial charge in [0.2, 0.25) is 10.0 Å². The number of anilines is 1. The first-order valence-electron chi connectivity index (χ1n) is 10.7. The maximum atomic E-state index is 13.1. The second-order valence-corrected chi connectivity index (χ2v) is 9.31. The molecule has 35 heavy (non-hydrogen) atoms. The van der Waals surface area contributed by atoms with Crippen molar-refractivity contribution < 1.29 is 26.9 Å². The first-order chi connectivity index (χ1) is 16.6. The Labute approximate surface area is 201 Å². The van der Waals surface area contributed by atoms with E-state index in [4.69, 9.17) is 4.74 Å². The van der Waals surface area contributed by atoms with E-state index in [-0.39, 0.29) is 40.7 Å². The number of nitro benzene ring substituents is 1. The molecule has 0 radical (unpaired) electrons. The first kappa shape index (κ1) is 26.0. The number of rotatable bonds is 10. The zero-order valence-corrected chi connectivity index (χ0v) is 20.1. The van der Waals surface area contributed by atoms with Gasteiger partial charge in [0.15, 0.2) is 0 Å². The van der Waals surface area contributed by atoms with Gasteiger partial charge in [0, 0.05) is 30.1 Å². The van der Waals surface area contributed by atoms with Crippen molar-refractivity contribution in [2.45, 2.75) is 32.3 Å². The first-order valence-corrected chi connectivity index (χ1v) is 12.1. The van der Waals surface area contributed by atoms with Crippen LogP contribution in [0.4, 0.5) is 20.2 Å². The zero-order chi connectivity index (χ0) is 25.8. The SMILES string of the molecule is CCN(CC)S(=O)(=O)c1ccc(NN=C(C)c2ccc3ccccc3c2OC(F)F)c([N+](=O)[O-])c1. The minimum Gasteiger partial charge on any atom is -0.433 e. The Morgan fingerprint density at radius 3 is 2.46 bits per heavy atom. The summed E-state index contributed by atoms with van der Waals surface area (Å²) in [6, 6.07) is 13.6. The fraction of sp³-hybridized carbons (Fsp3) is 0.261. The van der Waals surface area contributed by atoms with E-state index in [1.807, 2.05) is 0 Å². The summed E-state index contributed by atoms with van der Waals surface area (Å²) >= 11 is 0. The number of halogens is 2. The number of nitro groups is 1. The van der Waals surface area contributed by atoms with E-state index in [1.54, 1.807) is 50.2 Å². The van der Waals surface area contributed by atoms with Crippen LogP contribution in [0.5, 0.6) is 5.75 Å². The molecule has 0 saturated heterocycles. The number of sulfonamides is 1. The summed E-state index contributed by atoms with van der Waals surface area (Å²) in [5.74, 6) is -0.0729. The quantitative estimate of drug-likeness (QED) is 0.229. The van der Waals surface area contributed by atoms with Crippen LogP contribution in [0.15, 0.2) is 64.6 Å². The van der Waals surface area contributed by atoms with E-state index in [1.165, 1.54) is 23.4 Å². The average molecular weight is 507 g/mol. The van der Waals surface area contributed by atoms with Gasteiger partial charge in [-0.15, -0.1) is 0 Å². The molecule has 0 amide bonds.